The second-order valence-corrected chi connectivity index (χ2v) is 6.89. The van der Waals surface area contributed by atoms with E-state index in [1.54, 1.807) is 0 Å². The summed E-state index contributed by atoms with van der Waals surface area (Å²) in [7, 11) is -2.89. The van der Waals surface area contributed by atoms with Crippen LogP contribution in [0, 0.1) is 0 Å². The molecule has 1 rings (SSSR count). The molecule has 17 heavy (non-hydrogen) atoms. The van der Waals surface area contributed by atoms with E-state index in [0.717, 1.165) is 12.0 Å². The molecule has 5 heteroatoms. The number of hydrogen-bond donors (Lipinski definition) is 1. The van der Waals surface area contributed by atoms with Gasteiger partial charge in [-0.2, -0.15) is 0 Å². The van der Waals surface area contributed by atoms with Crippen molar-refractivity contribution in [2.45, 2.75) is 39.3 Å². The molecule has 1 aromatic heterocycles. The van der Waals surface area contributed by atoms with E-state index < -0.39 is 9.84 Å². The van der Waals surface area contributed by atoms with E-state index in [9.17, 15) is 8.42 Å². The van der Waals surface area contributed by atoms with Gasteiger partial charge in [0.2, 0.25) is 0 Å². The summed E-state index contributed by atoms with van der Waals surface area (Å²) in [4.78, 5) is 0. The van der Waals surface area contributed by atoms with Crippen molar-refractivity contribution >= 4 is 9.84 Å². The average molecular weight is 258 g/mol. The molecule has 1 atom stereocenters. The number of aryl methyl sites for hydroxylation is 1. The minimum Gasteiger partial charge on any atom is -0.353 e. The van der Waals surface area contributed by atoms with Gasteiger partial charge in [-0.25, -0.2) is 8.42 Å². The van der Waals surface area contributed by atoms with Gasteiger partial charge in [0.05, 0.1) is 5.75 Å². The molecule has 0 spiro atoms. The van der Waals surface area contributed by atoms with E-state index in [0.29, 0.717) is 13.0 Å². The van der Waals surface area contributed by atoms with E-state index in [4.69, 9.17) is 5.73 Å². The minimum absolute atomic E-state index is 0.134. The molecule has 0 radical (unpaired) electrons. The number of nitrogens with zero attached hydrogens (tertiary/aromatic N) is 1. The SMILES string of the molecule is CCCS(=O)(=O)CCn1ccc(CC(C)N)c1. The summed E-state index contributed by atoms with van der Waals surface area (Å²) >= 11 is 0. The Morgan fingerprint density at radius 1 is 1.41 bits per heavy atom. The van der Waals surface area contributed by atoms with Crippen molar-refractivity contribution in [3.05, 3.63) is 24.0 Å². The van der Waals surface area contributed by atoms with Crippen molar-refractivity contribution in [1.29, 1.82) is 0 Å². The Balaban J connectivity index is 2.50. The highest BCUT2D eigenvalue weighted by atomic mass is 32.2. The van der Waals surface area contributed by atoms with Crippen LogP contribution in [0.1, 0.15) is 25.8 Å². The summed E-state index contributed by atoms with van der Waals surface area (Å²) in [5.74, 6) is 0.494. The van der Waals surface area contributed by atoms with E-state index in [-0.39, 0.29) is 17.5 Å². The summed E-state index contributed by atoms with van der Waals surface area (Å²) < 4.78 is 25.0. The van der Waals surface area contributed by atoms with Crippen molar-refractivity contribution in [1.82, 2.24) is 4.57 Å². The maximum atomic E-state index is 11.6. The lowest BCUT2D eigenvalue weighted by atomic mass is 10.1. The average Bonchev–Trinajstić information content (AvgIpc) is 2.62. The molecule has 1 aromatic rings. The van der Waals surface area contributed by atoms with Crippen molar-refractivity contribution in [3.63, 3.8) is 0 Å². The lowest BCUT2D eigenvalue weighted by Gasteiger charge is -2.04. The van der Waals surface area contributed by atoms with E-state index in [1.807, 2.05) is 36.9 Å². The molecule has 4 nitrogen and oxygen atoms in total. The molecule has 2 N–H and O–H groups in total. The summed E-state index contributed by atoms with van der Waals surface area (Å²) in [5.41, 5.74) is 6.87. The minimum atomic E-state index is -2.89. The highest BCUT2D eigenvalue weighted by Gasteiger charge is 2.09. The summed E-state index contributed by atoms with van der Waals surface area (Å²) in [6, 6.07) is 2.13. The second-order valence-electron chi connectivity index (χ2n) is 4.59. The first-order chi connectivity index (χ1) is 7.93. The van der Waals surface area contributed by atoms with Gasteiger partial charge in [-0.1, -0.05) is 6.92 Å². The van der Waals surface area contributed by atoms with Crippen molar-refractivity contribution in [2.24, 2.45) is 5.73 Å². The maximum absolute atomic E-state index is 11.6. The van der Waals surface area contributed by atoms with Gasteiger partial charge in [-0.15, -0.1) is 0 Å². The normalized spacial score (nSPS) is 13.8. The van der Waals surface area contributed by atoms with Gasteiger partial charge in [0.25, 0.3) is 0 Å². The van der Waals surface area contributed by atoms with Gasteiger partial charge in [-0.05, 0) is 31.4 Å². The third kappa shape index (κ3) is 5.37. The molecular formula is C12H22N2O2S. The second kappa shape index (κ2) is 6.21. The molecule has 0 bridgehead atoms. The quantitative estimate of drug-likeness (QED) is 0.799. The molecular weight excluding hydrogens is 236 g/mol. The number of nitrogens with two attached hydrogens (primary N) is 1. The van der Waals surface area contributed by atoms with Crippen molar-refractivity contribution in [3.8, 4) is 0 Å². The topological polar surface area (TPSA) is 65.1 Å². The fourth-order valence-corrected chi connectivity index (χ4v) is 3.09. The largest absolute Gasteiger partial charge is 0.353 e. The zero-order valence-corrected chi connectivity index (χ0v) is 11.4. The lowest BCUT2D eigenvalue weighted by molar-refractivity contribution is 0.587. The van der Waals surface area contributed by atoms with Gasteiger partial charge in [0.1, 0.15) is 0 Å². The van der Waals surface area contributed by atoms with Crippen LogP contribution in [0.3, 0.4) is 0 Å². The lowest BCUT2D eigenvalue weighted by Crippen LogP contribution is -2.17. The van der Waals surface area contributed by atoms with Gasteiger partial charge in [-0.3, -0.25) is 0 Å². The first-order valence-electron chi connectivity index (χ1n) is 6.03. The molecule has 0 aliphatic carbocycles. The van der Waals surface area contributed by atoms with Crippen LogP contribution >= 0.6 is 0 Å². The summed E-state index contributed by atoms with van der Waals surface area (Å²) in [5, 5.41) is 0. The summed E-state index contributed by atoms with van der Waals surface area (Å²) in [6.45, 7) is 4.37. The number of sulfone groups is 1. The highest BCUT2D eigenvalue weighted by molar-refractivity contribution is 7.91. The predicted molar refractivity (Wildman–Crippen MR) is 70.7 cm³/mol. The van der Waals surface area contributed by atoms with Crippen LogP contribution < -0.4 is 5.73 Å². The van der Waals surface area contributed by atoms with Crippen LogP contribution in [0.2, 0.25) is 0 Å². The van der Waals surface area contributed by atoms with Crippen LogP contribution in [0.15, 0.2) is 18.5 Å². The Bertz CT molecular complexity index is 435. The number of hydrogen-bond acceptors (Lipinski definition) is 3. The number of aromatic nitrogens is 1. The zero-order valence-electron chi connectivity index (χ0n) is 10.6. The Kier molecular flexibility index (Phi) is 5.21. The standard InChI is InChI=1S/C12H22N2O2S/c1-3-7-17(15,16)8-6-14-5-4-12(10-14)9-11(2)13/h4-5,10-11H,3,6-9,13H2,1-2H3. The van der Waals surface area contributed by atoms with Gasteiger partial charge < -0.3 is 10.3 Å². The molecule has 0 saturated heterocycles. The monoisotopic (exact) mass is 258 g/mol. The Morgan fingerprint density at radius 2 is 2.12 bits per heavy atom. The van der Waals surface area contributed by atoms with Crippen LogP contribution in [-0.2, 0) is 22.8 Å². The van der Waals surface area contributed by atoms with Gasteiger partial charge in [0, 0.05) is 30.7 Å². The Labute approximate surface area is 104 Å². The molecule has 0 amide bonds. The first kappa shape index (κ1) is 14.3. The molecule has 0 saturated carbocycles. The fraction of sp³-hybridized carbons (Fsp3) is 0.667. The third-order valence-corrected chi connectivity index (χ3v) is 4.38. The van der Waals surface area contributed by atoms with Crippen LogP contribution in [0.25, 0.3) is 0 Å². The molecule has 0 fully saturated rings. The molecule has 0 aliphatic heterocycles. The molecule has 98 valence electrons. The van der Waals surface area contributed by atoms with Gasteiger partial charge >= 0.3 is 0 Å². The molecule has 0 aromatic carbocycles. The smallest absolute Gasteiger partial charge is 0.152 e. The number of rotatable bonds is 7. The zero-order chi connectivity index (χ0) is 12.9. The Morgan fingerprint density at radius 3 is 2.71 bits per heavy atom. The molecule has 1 unspecified atom stereocenters. The third-order valence-electron chi connectivity index (χ3n) is 2.55. The van der Waals surface area contributed by atoms with Crippen molar-refractivity contribution in [2.75, 3.05) is 11.5 Å². The van der Waals surface area contributed by atoms with E-state index in [2.05, 4.69) is 0 Å². The summed E-state index contributed by atoms with van der Waals surface area (Å²) in [6.07, 6.45) is 5.41. The molecule has 1 heterocycles. The first-order valence-corrected chi connectivity index (χ1v) is 7.85. The Hall–Kier alpha value is -0.810. The van der Waals surface area contributed by atoms with Gasteiger partial charge in [0.15, 0.2) is 9.84 Å². The maximum Gasteiger partial charge on any atom is 0.152 e. The predicted octanol–water partition coefficient (Wildman–Crippen LogP) is 1.20. The molecule has 0 aliphatic rings. The van der Waals surface area contributed by atoms with Crippen molar-refractivity contribution < 1.29 is 8.42 Å². The fourth-order valence-electron chi connectivity index (χ4n) is 1.78. The van der Waals surface area contributed by atoms with Crippen LogP contribution in [-0.4, -0.2) is 30.5 Å². The van der Waals surface area contributed by atoms with Crippen LogP contribution in [0.4, 0.5) is 0 Å². The van der Waals surface area contributed by atoms with E-state index in [1.165, 1.54) is 0 Å². The van der Waals surface area contributed by atoms with Crippen LogP contribution in [0.5, 0.6) is 0 Å². The van der Waals surface area contributed by atoms with E-state index >= 15 is 0 Å². The highest BCUT2D eigenvalue weighted by Crippen LogP contribution is 2.05.